The van der Waals surface area contributed by atoms with Crippen LogP contribution in [0.15, 0.2) is 27.9 Å². The lowest BCUT2D eigenvalue weighted by atomic mass is 10.2. The van der Waals surface area contributed by atoms with E-state index in [2.05, 4.69) is 38.6 Å². The molecule has 0 radical (unpaired) electrons. The monoisotopic (exact) mass is 410 g/mol. The molecule has 8 nitrogen and oxygen atoms in total. The molecule has 0 saturated heterocycles. The third-order valence-electron chi connectivity index (χ3n) is 5.38. The maximum atomic E-state index is 12.7. The van der Waals surface area contributed by atoms with Crippen molar-refractivity contribution in [3.8, 4) is 0 Å². The van der Waals surface area contributed by atoms with Crippen molar-refractivity contribution >= 4 is 14.3 Å². The Labute approximate surface area is 165 Å². The molecule has 0 aliphatic carbocycles. The highest BCUT2D eigenvalue weighted by Crippen LogP contribution is 2.37. The lowest BCUT2D eigenvalue weighted by Gasteiger charge is -2.36. The van der Waals surface area contributed by atoms with Crippen molar-refractivity contribution in [3.63, 3.8) is 0 Å². The van der Waals surface area contributed by atoms with Crippen LogP contribution < -0.4 is 11.2 Å². The van der Waals surface area contributed by atoms with E-state index in [1.165, 1.54) is 17.9 Å². The summed E-state index contributed by atoms with van der Waals surface area (Å²) in [6, 6.07) is 0. The molecule has 2 rings (SSSR count). The van der Waals surface area contributed by atoms with Crippen molar-refractivity contribution in [2.45, 2.75) is 64.7 Å². The minimum atomic E-state index is -1.91. The molecule has 0 bridgehead atoms. The zero-order chi connectivity index (χ0) is 21.3. The zero-order valence-electron chi connectivity index (χ0n) is 17.6. The Morgan fingerprint density at radius 3 is 2.46 bits per heavy atom. The fourth-order valence-corrected chi connectivity index (χ4v) is 3.54. The van der Waals surface area contributed by atoms with Gasteiger partial charge in [-0.3, -0.25) is 14.2 Å². The second kappa shape index (κ2) is 8.18. The lowest BCUT2D eigenvalue weighted by molar-refractivity contribution is -0.141. The summed E-state index contributed by atoms with van der Waals surface area (Å²) in [5.41, 5.74) is -0.811. The van der Waals surface area contributed by atoms with Crippen LogP contribution in [-0.4, -0.2) is 43.2 Å². The van der Waals surface area contributed by atoms with Gasteiger partial charge in [0.05, 0.1) is 13.7 Å². The van der Waals surface area contributed by atoms with Gasteiger partial charge in [0.2, 0.25) is 0 Å². The number of aromatic nitrogens is 2. The van der Waals surface area contributed by atoms with Crippen LogP contribution in [0.4, 0.5) is 0 Å². The van der Waals surface area contributed by atoms with Crippen LogP contribution in [0.25, 0.3) is 0 Å². The van der Waals surface area contributed by atoms with Crippen LogP contribution in [0.3, 0.4) is 0 Å². The van der Waals surface area contributed by atoms with Gasteiger partial charge in [-0.1, -0.05) is 26.8 Å². The van der Waals surface area contributed by atoms with Gasteiger partial charge in [-0.25, -0.2) is 9.36 Å². The second-order valence-electron chi connectivity index (χ2n) is 8.49. The fraction of sp³-hybridized carbons (Fsp3) is 0.632. The number of rotatable bonds is 6. The normalized spacial score (nSPS) is 19.8. The van der Waals surface area contributed by atoms with Gasteiger partial charge in [0, 0.05) is 11.8 Å². The molecular weight excluding hydrogens is 380 g/mol. The van der Waals surface area contributed by atoms with E-state index < -0.39 is 38.3 Å². The number of carbonyl (C=O) groups is 1. The Balaban J connectivity index is 2.18. The summed E-state index contributed by atoms with van der Waals surface area (Å²) in [6.45, 7) is 12.4. The Bertz CT molecular complexity index is 878. The number of ether oxygens (including phenoxy) is 2. The van der Waals surface area contributed by atoms with E-state index in [1.54, 1.807) is 13.0 Å². The van der Waals surface area contributed by atoms with Crippen LogP contribution in [0, 0.1) is 6.92 Å². The van der Waals surface area contributed by atoms with Crippen LogP contribution in [0.1, 0.15) is 32.6 Å². The molecule has 1 aromatic heterocycles. The molecule has 156 valence electrons. The number of hydrogen-bond donors (Lipinski definition) is 0. The number of nitrogens with zero attached hydrogens (tertiary/aromatic N) is 2. The summed E-state index contributed by atoms with van der Waals surface area (Å²) in [7, 11) is -0.706. The van der Waals surface area contributed by atoms with E-state index in [0.717, 1.165) is 4.57 Å². The van der Waals surface area contributed by atoms with Gasteiger partial charge >= 0.3 is 11.7 Å². The molecule has 1 aromatic rings. The van der Waals surface area contributed by atoms with Gasteiger partial charge in [-0.05, 0) is 31.1 Å². The third-order valence-corrected chi connectivity index (χ3v) is 9.88. The van der Waals surface area contributed by atoms with Gasteiger partial charge in [-0.2, -0.15) is 0 Å². The first-order valence-electron chi connectivity index (χ1n) is 9.24. The number of aryl methyl sites for hydroxylation is 1. The predicted octanol–water partition coefficient (Wildman–Crippen LogP) is 1.97. The average Bonchev–Trinajstić information content (AvgIpc) is 3.07. The molecule has 2 heterocycles. The molecule has 0 amide bonds. The summed E-state index contributed by atoms with van der Waals surface area (Å²) >= 11 is 0. The maximum absolute atomic E-state index is 12.7. The van der Waals surface area contributed by atoms with Crippen LogP contribution in [-0.2, 0) is 25.2 Å². The highest BCUT2D eigenvalue weighted by atomic mass is 28.4. The van der Waals surface area contributed by atoms with Crippen LogP contribution in [0.5, 0.6) is 0 Å². The minimum absolute atomic E-state index is 0.0894. The standard InChI is InChI=1S/C19H30N2O6Si/c1-13-10-20(18(24)21(17(13)23)11-16(22)25-5)15-9-8-14(27-15)12-26-28(6,7)19(2,3)4/h8-10,14-15H,11-12H2,1-7H3/t14-,15+/m0/s1. The molecule has 0 N–H and O–H groups in total. The largest absolute Gasteiger partial charge is 0.468 e. The number of hydrogen-bond acceptors (Lipinski definition) is 6. The summed E-state index contributed by atoms with van der Waals surface area (Å²) < 4.78 is 18.9. The predicted molar refractivity (Wildman–Crippen MR) is 108 cm³/mol. The molecular formula is C19H30N2O6Si. The summed E-state index contributed by atoms with van der Waals surface area (Å²) in [6.07, 6.45) is 4.11. The van der Waals surface area contributed by atoms with Crippen molar-refractivity contribution in [1.82, 2.24) is 9.13 Å². The average molecular weight is 411 g/mol. The van der Waals surface area contributed by atoms with Crippen molar-refractivity contribution in [3.05, 3.63) is 44.8 Å². The molecule has 1 aliphatic heterocycles. The SMILES string of the molecule is COC(=O)Cn1c(=O)c(C)cn([C@H]2C=C[C@@H](CO[Si](C)(C)C(C)(C)C)O2)c1=O. The van der Waals surface area contributed by atoms with Gasteiger partial charge < -0.3 is 13.9 Å². The highest BCUT2D eigenvalue weighted by molar-refractivity contribution is 6.74. The molecule has 0 spiro atoms. The summed E-state index contributed by atoms with van der Waals surface area (Å²) in [4.78, 5) is 36.5. The van der Waals surface area contributed by atoms with E-state index in [0.29, 0.717) is 12.2 Å². The quantitative estimate of drug-likeness (QED) is 0.405. The van der Waals surface area contributed by atoms with Gasteiger partial charge in [0.1, 0.15) is 12.6 Å². The molecule has 2 atom stereocenters. The first-order valence-corrected chi connectivity index (χ1v) is 12.2. The maximum Gasteiger partial charge on any atom is 0.333 e. The topological polar surface area (TPSA) is 88.8 Å². The van der Waals surface area contributed by atoms with E-state index in [4.69, 9.17) is 9.16 Å². The summed E-state index contributed by atoms with van der Waals surface area (Å²) in [5.74, 6) is -0.667. The third kappa shape index (κ3) is 4.71. The molecule has 0 unspecified atom stereocenters. The molecule has 0 saturated carbocycles. The number of esters is 1. The van der Waals surface area contributed by atoms with Gasteiger partial charge in [0.25, 0.3) is 5.56 Å². The Morgan fingerprint density at radius 1 is 1.25 bits per heavy atom. The lowest BCUT2D eigenvalue weighted by Crippen LogP contribution is -2.44. The zero-order valence-corrected chi connectivity index (χ0v) is 18.6. The first kappa shape index (κ1) is 22.3. The number of methoxy groups -OCH3 is 1. The van der Waals surface area contributed by atoms with E-state index in [-0.39, 0.29) is 11.1 Å². The van der Waals surface area contributed by atoms with Gasteiger partial charge in [0.15, 0.2) is 14.5 Å². The van der Waals surface area contributed by atoms with E-state index in [1.807, 2.05) is 6.08 Å². The Kier molecular flexibility index (Phi) is 6.52. The van der Waals surface area contributed by atoms with Crippen LogP contribution >= 0.6 is 0 Å². The molecule has 28 heavy (non-hydrogen) atoms. The first-order chi connectivity index (χ1) is 12.9. The van der Waals surface area contributed by atoms with Crippen LogP contribution in [0.2, 0.25) is 18.1 Å². The smallest absolute Gasteiger partial charge is 0.333 e. The second-order valence-corrected chi connectivity index (χ2v) is 13.3. The van der Waals surface area contributed by atoms with E-state index >= 15 is 0 Å². The van der Waals surface area contributed by atoms with Crippen molar-refractivity contribution in [1.29, 1.82) is 0 Å². The van der Waals surface area contributed by atoms with Crippen molar-refractivity contribution < 1.29 is 18.7 Å². The van der Waals surface area contributed by atoms with E-state index in [9.17, 15) is 14.4 Å². The minimum Gasteiger partial charge on any atom is -0.468 e. The number of carbonyl (C=O) groups excluding carboxylic acids is 1. The molecule has 1 aliphatic rings. The molecule has 0 aromatic carbocycles. The summed E-state index contributed by atoms with van der Waals surface area (Å²) in [5, 5.41) is 0.0894. The van der Waals surface area contributed by atoms with Crippen molar-refractivity contribution in [2.24, 2.45) is 0 Å². The molecule has 9 heteroatoms. The Morgan fingerprint density at radius 2 is 1.89 bits per heavy atom. The van der Waals surface area contributed by atoms with Crippen molar-refractivity contribution in [2.75, 3.05) is 13.7 Å². The fourth-order valence-electron chi connectivity index (χ4n) is 2.52. The highest BCUT2D eigenvalue weighted by Gasteiger charge is 2.38. The molecule has 0 fully saturated rings. The van der Waals surface area contributed by atoms with Gasteiger partial charge in [-0.15, -0.1) is 0 Å². The Hall–Kier alpha value is -1.97.